The van der Waals surface area contributed by atoms with Gasteiger partial charge in [0.25, 0.3) is 0 Å². The third kappa shape index (κ3) is 8.51. The van der Waals surface area contributed by atoms with Crippen LogP contribution in [-0.4, -0.2) is 17.3 Å². The zero-order valence-electron chi connectivity index (χ0n) is 3.67. The average molecular weight is 304 g/mol. The Morgan fingerprint density at radius 1 is 1.44 bits per heavy atom. The summed E-state index contributed by atoms with van der Waals surface area (Å²) in [6.45, 7) is 0. The van der Waals surface area contributed by atoms with Gasteiger partial charge in [0, 0.05) is 0 Å². The molecule has 0 spiro atoms. The van der Waals surface area contributed by atoms with Gasteiger partial charge in [-0.05, 0) is 0 Å². The van der Waals surface area contributed by atoms with Crippen molar-refractivity contribution < 1.29 is 35.8 Å². The van der Waals surface area contributed by atoms with Crippen molar-refractivity contribution in [2.24, 2.45) is 0 Å². The molecule has 0 rings (SSSR count). The Morgan fingerprint density at radius 3 is 1.56 bits per heavy atom. The van der Waals surface area contributed by atoms with Gasteiger partial charge in [0.2, 0.25) is 0 Å². The first-order valence-electron chi connectivity index (χ1n) is 1.36. The number of carbonyl (C=O) groups is 1. The quantitative estimate of drug-likeness (QED) is 0.544. The van der Waals surface area contributed by atoms with E-state index in [9.17, 15) is 13.2 Å². The van der Waals surface area contributed by atoms with Crippen LogP contribution in [0.4, 0.5) is 13.2 Å². The van der Waals surface area contributed by atoms with E-state index in [1.165, 1.54) is 0 Å². The molecule has 0 saturated carbocycles. The topological polar surface area (TPSA) is 37.3 Å². The zero-order chi connectivity index (χ0) is 8.08. The van der Waals surface area contributed by atoms with Crippen molar-refractivity contribution in [1.82, 2.24) is 0 Å². The van der Waals surface area contributed by atoms with Crippen LogP contribution in [0.1, 0.15) is 0 Å². The van der Waals surface area contributed by atoms with Crippen LogP contribution in [0.2, 0.25) is 0 Å². The fourth-order valence-electron chi connectivity index (χ4n) is 0. The molecule has 2 nitrogen and oxygen atoms in total. The minimum absolute atomic E-state index is 1.71. The molecule has 0 aromatic carbocycles. The van der Waals surface area contributed by atoms with Crippen molar-refractivity contribution in [2.45, 2.75) is 6.18 Å². The van der Waals surface area contributed by atoms with E-state index in [-0.39, 0.29) is 0 Å². The first kappa shape index (κ1) is 12.2. The molecule has 0 unspecified atom stereocenters. The summed E-state index contributed by atoms with van der Waals surface area (Å²) >= 11 is 5.87. The molecule has 0 aliphatic carbocycles. The third-order valence-corrected chi connectivity index (χ3v) is 0.243. The number of hydrogen-bond donors (Lipinski definition) is 1. The molecule has 0 radical (unpaired) electrons. The molecule has 0 aliphatic rings. The van der Waals surface area contributed by atoms with E-state index in [2.05, 4.69) is 12.8 Å². The molecular weight excluding hydrogens is 303 g/mol. The minimum atomic E-state index is -5.08. The number of carboxylic acid groups (broad SMARTS) is 1. The standard InChI is InChI=1S/C2HF3O2.Cu.HI/c3-2(4,5)1(6)7;;/h(H,6,7);;1H/q;+1;/p-1. The van der Waals surface area contributed by atoms with Crippen LogP contribution < -0.4 is 0 Å². The second kappa shape index (κ2) is 5.31. The average Bonchev–Trinajstić information content (AvgIpc) is 1.69. The molecule has 0 aliphatic heterocycles. The number of hydrogen-bond acceptors (Lipinski definition) is 1. The van der Waals surface area contributed by atoms with Crippen LogP contribution >= 0.6 is 20.3 Å². The molecule has 60 valence electrons. The normalized spacial score (nSPS) is 9.56. The Labute approximate surface area is 68.4 Å². The summed E-state index contributed by atoms with van der Waals surface area (Å²) in [7, 11) is 0. The van der Waals surface area contributed by atoms with Crippen molar-refractivity contribution in [3.63, 3.8) is 0 Å². The van der Waals surface area contributed by atoms with Crippen LogP contribution in [0.3, 0.4) is 0 Å². The molecule has 0 amide bonds. The summed E-state index contributed by atoms with van der Waals surface area (Å²) in [5, 5.41) is 7.12. The van der Waals surface area contributed by atoms with Gasteiger partial charge in [-0.2, -0.15) is 13.2 Å². The van der Waals surface area contributed by atoms with Crippen LogP contribution in [0.25, 0.3) is 0 Å². The van der Waals surface area contributed by atoms with Gasteiger partial charge in [0.15, 0.2) is 0 Å². The number of halogens is 4. The van der Waals surface area contributed by atoms with Crippen LogP contribution in [0, 0.1) is 0 Å². The van der Waals surface area contributed by atoms with Crippen molar-refractivity contribution in [3.8, 4) is 0 Å². The van der Waals surface area contributed by atoms with Gasteiger partial charge < -0.3 is 5.11 Å². The summed E-state index contributed by atoms with van der Waals surface area (Å²) in [6.07, 6.45) is -5.08. The molecule has 7 heteroatoms. The van der Waals surface area contributed by atoms with E-state index in [1.54, 1.807) is 20.3 Å². The fraction of sp³-hybridized carbons (Fsp3) is 0.500. The Morgan fingerprint density at radius 2 is 1.56 bits per heavy atom. The SMILES string of the molecule is O=C(O)C(F)(F)F.[Cu][I]. The third-order valence-electron chi connectivity index (χ3n) is 0.243. The second-order valence-electron chi connectivity index (χ2n) is 0.803. The number of rotatable bonds is 0. The number of alkyl halides is 3. The van der Waals surface area contributed by atoms with Crippen LogP contribution in [-0.2, 0) is 17.6 Å². The second-order valence-corrected chi connectivity index (χ2v) is 0.803. The van der Waals surface area contributed by atoms with Gasteiger partial charge in [-0.15, -0.1) is 0 Å². The molecule has 9 heavy (non-hydrogen) atoms. The van der Waals surface area contributed by atoms with E-state index in [0.717, 1.165) is 0 Å². The van der Waals surface area contributed by atoms with Crippen molar-refractivity contribution in [2.75, 3.05) is 0 Å². The van der Waals surface area contributed by atoms with E-state index in [1.807, 2.05) is 0 Å². The van der Waals surface area contributed by atoms with E-state index in [0.29, 0.717) is 0 Å². The Balaban J connectivity index is 0. The van der Waals surface area contributed by atoms with Gasteiger partial charge in [0.1, 0.15) is 0 Å². The van der Waals surface area contributed by atoms with Crippen LogP contribution in [0.15, 0.2) is 0 Å². The Kier molecular flexibility index (Phi) is 7.20. The zero-order valence-corrected chi connectivity index (χ0v) is 6.77. The first-order valence-corrected chi connectivity index (χ1v) is 4.40. The Bertz CT molecular complexity index is 92.3. The predicted octanol–water partition coefficient (Wildman–Crippen LogP) is 1.52. The van der Waals surface area contributed by atoms with Gasteiger partial charge in [-0.1, -0.05) is 0 Å². The number of carboxylic acids is 1. The summed E-state index contributed by atoms with van der Waals surface area (Å²) in [5.41, 5.74) is 0. The monoisotopic (exact) mass is 304 g/mol. The van der Waals surface area contributed by atoms with Crippen molar-refractivity contribution >= 4 is 26.3 Å². The number of aliphatic carboxylic acids is 1. The summed E-state index contributed by atoms with van der Waals surface area (Å²) in [6, 6.07) is 0. The van der Waals surface area contributed by atoms with Gasteiger partial charge in [0.05, 0.1) is 0 Å². The van der Waals surface area contributed by atoms with Crippen molar-refractivity contribution in [1.29, 1.82) is 0 Å². The molecule has 0 saturated heterocycles. The molecule has 0 bridgehead atoms. The maximum atomic E-state index is 10.6. The Hall–Kier alpha value is 0.509. The summed E-state index contributed by atoms with van der Waals surface area (Å²) in [4.78, 5) is 8.90. The van der Waals surface area contributed by atoms with Crippen molar-refractivity contribution in [3.05, 3.63) is 0 Å². The molecular formula is C2HCuF3IO2. The van der Waals surface area contributed by atoms with E-state index >= 15 is 0 Å². The molecule has 1 N–H and O–H groups in total. The molecule has 0 atom stereocenters. The fourth-order valence-corrected chi connectivity index (χ4v) is 0. The maximum absolute atomic E-state index is 10.6. The summed E-state index contributed by atoms with van der Waals surface area (Å²) < 4.78 is 31.7. The van der Waals surface area contributed by atoms with Gasteiger partial charge in [-0.3, -0.25) is 0 Å². The molecule has 0 aromatic heterocycles. The first-order chi connectivity index (χ1) is 3.94. The molecule has 0 aromatic rings. The van der Waals surface area contributed by atoms with E-state index in [4.69, 9.17) is 9.90 Å². The molecule has 0 fully saturated rings. The van der Waals surface area contributed by atoms with Gasteiger partial charge in [-0.25, -0.2) is 4.79 Å². The van der Waals surface area contributed by atoms with Crippen LogP contribution in [0.5, 0.6) is 0 Å². The predicted molar refractivity (Wildman–Crippen MR) is 27.7 cm³/mol. The summed E-state index contributed by atoms with van der Waals surface area (Å²) in [5.74, 6) is -2.76. The molecule has 0 heterocycles. The van der Waals surface area contributed by atoms with E-state index < -0.39 is 12.1 Å². The van der Waals surface area contributed by atoms with Gasteiger partial charge >= 0.3 is 45.3 Å².